The summed E-state index contributed by atoms with van der Waals surface area (Å²) >= 11 is 3.54. The molecule has 1 atom stereocenters. The summed E-state index contributed by atoms with van der Waals surface area (Å²) in [5.41, 5.74) is 2.51. The Kier molecular flexibility index (Phi) is 7.56. The fourth-order valence-electron chi connectivity index (χ4n) is 2.06. The molecule has 0 bridgehead atoms. The lowest BCUT2D eigenvalue weighted by molar-refractivity contribution is 0.187. The maximum absolute atomic E-state index is 9.42. The molecule has 0 amide bonds. The van der Waals surface area contributed by atoms with Crippen LogP contribution in [-0.2, 0) is 6.54 Å². The highest BCUT2D eigenvalue weighted by Gasteiger charge is 2.09. The van der Waals surface area contributed by atoms with Crippen molar-refractivity contribution < 1.29 is 5.11 Å². The molecule has 4 heteroatoms. The first-order valence-electron chi connectivity index (χ1n) is 7.28. The van der Waals surface area contributed by atoms with E-state index in [2.05, 4.69) is 65.2 Å². The molecule has 114 valence electrons. The van der Waals surface area contributed by atoms with Crippen molar-refractivity contribution >= 4 is 21.6 Å². The Morgan fingerprint density at radius 2 is 2.00 bits per heavy atom. The largest absolute Gasteiger partial charge is 0.393 e. The molecular formula is C16H27BrN2O. The topological polar surface area (TPSA) is 35.5 Å². The molecule has 0 aliphatic rings. The third kappa shape index (κ3) is 6.25. The molecule has 0 fully saturated rings. The van der Waals surface area contributed by atoms with Crippen molar-refractivity contribution in [1.29, 1.82) is 0 Å². The van der Waals surface area contributed by atoms with Gasteiger partial charge in [-0.2, -0.15) is 0 Å². The summed E-state index contributed by atoms with van der Waals surface area (Å²) in [6, 6.07) is 6.38. The fraction of sp³-hybridized carbons (Fsp3) is 0.625. The third-order valence-electron chi connectivity index (χ3n) is 3.20. The molecule has 3 nitrogen and oxygen atoms in total. The molecule has 0 radical (unpaired) electrons. The first-order chi connectivity index (χ1) is 9.40. The van der Waals surface area contributed by atoms with Crippen LogP contribution < -0.4 is 10.2 Å². The van der Waals surface area contributed by atoms with Crippen molar-refractivity contribution in [2.24, 2.45) is 5.92 Å². The summed E-state index contributed by atoms with van der Waals surface area (Å²) in [5, 5.41) is 12.9. The first-order valence-corrected chi connectivity index (χ1v) is 8.07. The van der Waals surface area contributed by atoms with E-state index in [4.69, 9.17) is 0 Å². The number of nitrogens with zero attached hydrogens (tertiary/aromatic N) is 1. The molecule has 0 aromatic heterocycles. The summed E-state index contributed by atoms with van der Waals surface area (Å²) in [7, 11) is 2.08. The maximum atomic E-state index is 9.42. The Labute approximate surface area is 131 Å². The van der Waals surface area contributed by atoms with E-state index in [0.29, 0.717) is 5.92 Å². The second-order valence-corrected chi connectivity index (χ2v) is 6.77. The van der Waals surface area contributed by atoms with E-state index in [9.17, 15) is 5.11 Å². The monoisotopic (exact) mass is 342 g/mol. The van der Waals surface area contributed by atoms with E-state index >= 15 is 0 Å². The fourth-order valence-corrected chi connectivity index (χ4v) is 2.47. The van der Waals surface area contributed by atoms with E-state index in [1.165, 1.54) is 11.3 Å². The normalized spacial score (nSPS) is 12.8. The Hall–Kier alpha value is -0.580. The Morgan fingerprint density at radius 1 is 1.30 bits per heavy atom. The molecule has 20 heavy (non-hydrogen) atoms. The van der Waals surface area contributed by atoms with Crippen LogP contribution in [0.4, 0.5) is 5.69 Å². The molecule has 0 heterocycles. The lowest BCUT2D eigenvalue weighted by Crippen LogP contribution is -2.25. The van der Waals surface area contributed by atoms with Crippen molar-refractivity contribution in [3.8, 4) is 0 Å². The zero-order valence-corrected chi connectivity index (χ0v) is 14.6. The summed E-state index contributed by atoms with van der Waals surface area (Å²) in [6.45, 7) is 9.00. The van der Waals surface area contributed by atoms with Crippen LogP contribution in [-0.4, -0.2) is 31.3 Å². The second kappa shape index (κ2) is 8.65. The Bertz CT molecular complexity index is 407. The van der Waals surface area contributed by atoms with Crippen LogP contribution in [0, 0.1) is 5.92 Å². The van der Waals surface area contributed by atoms with Gasteiger partial charge < -0.3 is 15.3 Å². The highest BCUT2D eigenvalue weighted by molar-refractivity contribution is 9.10. The van der Waals surface area contributed by atoms with Gasteiger partial charge in [-0.05, 0) is 49.6 Å². The molecule has 0 saturated carbocycles. The zero-order valence-electron chi connectivity index (χ0n) is 13.0. The van der Waals surface area contributed by atoms with Gasteiger partial charge in [0.15, 0.2) is 0 Å². The Balaban J connectivity index is 2.73. The second-order valence-electron chi connectivity index (χ2n) is 5.86. The van der Waals surface area contributed by atoms with Crippen molar-refractivity contribution in [2.75, 3.05) is 25.0 Å². The molecule has 1 unspecified atom stereocenters. The van der Waals surface area contributed by atoms with Crippen LogP contribution >= 0.6 is 15.9 Å². The van der Waals surface area contributed by atoms with Crippen LogP contribution in [0.15, 0.2) is 22.7 Å². The first kappa shape index (κ1) is 17.5. The number of halogens is 1. The number of aliphatic hydroxyl groups excluding tert-OH is 1. The summed E-state index contributed by atoms with van der Waals surface area (Å²) in [5.74, 6) is 0.651. The van der Waals surface area contributed by atoms with Gasteiger partial charge in [0.1, 0.15) is 0 Å². The van der Waals surface area contributed by atoms with Crippen molar-refractivity contribution in [3.63, 3.8) is 0 Å². The summed E-state index contributed by atoms with van der Waals surface area (Å²) in [4.78, 5) is 2.21. The molecule has 0 aliphatic carbocycles. The van der Waals surface area contributed by atoms with Gasteiger partial charge in [0, 0.05) is 30.3 Å². The molecule has 0 saturated heterocycles. The number of benzene rings is 1. The Morgan fingerprint density at radius 3 is 2.60 bits per heavy atom. The minimum absolute atomic E-state index is 0.254. The van der Waals surface area contributed by atoms with Gasteiger partial charge in [0.05, 0.1) is 6.10 Å². The standard InChI is InChI=1S/C16H27BrN2O/c1-12(2)10-18-11-14-9-15(17)5-6-16(14)19(4)8-7-13(3)20/h5-6,9,12-13,18,20H,7-8,10-11H2,1-4H3. The van der Waals surface area contributed by atoms with Crippen molar-refractivity contribution in [2.45, 2.75) is 39.8 Å². The number of hydrogen-bond donors (Lipinski definition) is 2. The maximum Gasteiger partial charge on any atom is 0.0528 e. The van der Waals surface area contributed by atoms with Crippen LogP contribution in [0.5, 0.6) is 0 Å². The molecule has 2 N–H and O–H groups in total. The van der Waals surface area contributed by atoms with Crippen LogP contribution in [0.2, 0.25) is 0 Å². The van der Waals surface area contributed by atoms with Gasteiger partial charge in [-0.1, -0.05) is 29.8 Å². The third-order valence-corrected chi connectivity index (χ3v) is 3.70. The van der Waals surface area contributed by atoms with Gasteiger partial charge in [-0.3, -0.25) is 0 Å². The minimum atomic E-state index is -0.254. The molecular weight excluding hydrogens is 316 g/mol. The lowest BCUT2D eigenvalue weighted by Gasteiger charge is -2.24. The average Bonchev–Trinajstić information content (AvgIpc) is 2.35. The average molecular weight is 343 g/mol. The summed E-state index contributed by atoms with van der Waals surface area (Å²) < 4.78 is 1.10. The van der Waals surface area contributed by atoms with Gasteiger partial charge in [-0.25, -0.2) is 0 Å². The smallest absolute Gasteiger partial charge is 0.0528 e. The zero-order chi connectivity index (χ0) is 15.1. The van der Waals surface area contributed by atoms with Gasteiger partial charge >= 0.3 is 0 Å². The van der Waals surface area contributed by atoms with E-state index in [1.54, 1.807) is 0 Å². The number of aliphatic hydroxyl groups is 1. The minimum Gasteiger partial charge on any atom is -0.393 e. The van der Waals surface area contributed by atoms with E-state index in [0.717, 1.165) is 30.5 Å². The van der Waals surface area contributed by atoms with E-state index in [1.807, 2.05) is 6.92 Å². The SMILES string of the molecule is CC(C)CNCc1cc(Br)ccc1N(C)CCC(C)O. The number of nitrogens with one attached hydrogen (secondary N) is 1. The van der Waals surface area contributed by atoms with Crippen LogP contribution in [0.1, 0.15) is 32.8 Å². The molecule has 0 aliphatic heterocycles. The van der Waals surface area contributed by atoms with Crippen molar-refractivity contribution in [1.82, 2.24) is 5.32 Å². The van der Waals surface area contributed by atoms with E-state index in [-0.39, 0.29) is 6.10 Å². The van der Waals surface area contributed by atoms with Crippen LogP contribution in [0.25, 0.3) is 0 Å². The number of rotatable bonds is 8. The molecule has 0 spiro atoms. The molecule has 1 rings (SSSR count). The van der Waals surface area contributed by atoms with Gasteiger partial charge in [0.25, 0.3) is 0 Å². The quantitative estimate of drug-likeness (QED) is 0.759. The lowest BCUT2D eigenvalue weighted by atomic mass is 10.1. The number of anilines is 1. The summed E-state index contributed by atoms with van der Waals surface area (Å²) in [6.07, 6.45) is 0.529. The highest BCUT2D eigenvalue weighted by Crippen LogP contribution is 2.24. The predicted molar refractivity (Wildman–Crippen MR) is 90.3 cm³/mol. The predicted octanol–water partition coefficient (Wildman–Crippen LogP) is 3.40. The van der Waals surface area contributed by atoms with Crippen LogP contribution in [0.3, 0.4) is 0 Å². The molecule has 1 aromatic carbocycles. The molecule has 1 aromatic rings. The highest BCUT2D eigenvalue weighted by atomic mass is 79.9. The van der Waals surface area contributed by atoms with E-state index < -0.39 is 0 Å². The van der Waals surface area contributed by atoms with Crippen molar-refractivity contribution in [3.05, 3.63) is 28.2 Å². The van der Waals surface area contributed by atoms with Gasteiger partial charge in [-0.15, -0.1) is 0 Å². The number of hydrogen-bond acceptors (Lipinski definition) is 3. The van der Waals surface area contributed by atoms with Gasteiger partial charge in [0.2, 0.25) is 0 Å².